The minimum Gasteiger partial charge on any atom is -0.394 e. The molecule has 1 atom stereocenters. The molecule has 1 unspecified atom stereocenters. The second-order valence-corrected chi connectivity index (χ2v) is 4.70. The lowest BCUT2D eigenvalue weighted by Crippen LogP contribution is -2.24. The quantitative estimate of drug-likeness (QED) is 0.880. The summed E-state index contributed by atoms with van der Waals surface area (Å²) in [6, 6.07) is 13.6. The zero-order valence-corrected chi connectivity index (χ0v) is 11.1. The van der Waals surface area contributed by atoms with Crippen LogP contribution in [0.5, 0.6) is 0 Å². The van der Waals surface area contributed by atoms with Crippen LogP contribution in [0.25, 0.3) is 0 Å². The van der Waals surface area contributed by atoms with Crippen molar-refractivity contribution >= 4 is 11.6 Å². The van der Waals surface area contributed by atoms with Gasteiger partial charge in [0.2, 0.25) is 0 Å². The standard InChI is InChI=1S/C15H15ClFNO/c16-12-6-7-14(17)13(8-12)15(10-19)18-9-11-4-2-1-3-5-11/h1-8,15,18-19H,9-10H2. The van der Waals surface area contributed by atoms with Gasteiger partial charge in [0.25, 0.3) is 0 Å². The highest BCUT2D eigenvalue weighted by molar-refractivity contribution is 6.30. The Labute approximate surface area is 116 Å². The number of rotatable bonds is 5. The predicted molar refractivity (Wildman–Crippen MR) is 74.5 cm³/mol. The average Bonchev–Trinajstić information content (AvgIpc) is 2.44. The predicted octanol–water partition coefficient (Wildman–Crippen LogP) is 3.30. The van der Waals surface area contributed by atoms with Crippen molar-refractivity contribution in [3.63, 3.8) is 0 Å². The number of benzene rings is 2. The van der Waals surface area contributed by atoms with Gasteiger partial charge in [0, 0.05) is 17.1 Å². The summed E-state index contributed by atoms with van der Waals surface area (Å²) >= 11 is 5.86. The summed E-state index contributed by atoms with van der Waals surface area (Å²) < 4.78 is 13.7. The number of nitrogens with one attached hydrogen (secondary N) is 1. The van der Waals surface area contributed by atoms with Crippen LogP contribution in [0.3, 0.4) is 0 Å². The first-order chi connectivity index (χ1) is 9.20. The molecule has 0 aliphatic heterocycles. The number of aliphatic hydroxyl groups is 1. The third-order valence-electron chi connectivity index (χ3n) is 2.91. The molecule has 0 spiro atoms. The Bertz CT molecular complexity index is 533. The molecule has 0 aliphatic carbocycles. The van der Waals surface area contributed by atoms with E-state index < -0.39 is 6.04 Å². The van der Waals surface area contributed by atoms with Gasteiger partial charge in [0.1, 0.15) is 5.82 Å². The second-order valence-electron chi connectivity index (χ2n) is 4.27. The maximum Gasteiger partial charge on any atom is 0.128 e. The van der Waals surface area contributed by atoms with E-state index in [1.54, 1.807) is 0 Å². The molecule has 0 fully saturated rings. The molecule has 0 saturated heterocycles. The van der Waals surface area contributed by atoms with E-state index in [2.05, 4.69) is 5.32 Å². The smallest absolute Gasteiger partial charge is 0.128 e. The zero-order valence-electron chi connectivity index (χ0n) is 10.3. The lowest BCUT2D eigenvalue weighted by molar-refractivity contribution is 0.240. The SMILES string of the molecule is OCC(NCc1ccccc1)c1cc(Cl)ccc1F. The van der Waals surface area contributed by atoms with Crippen molar-refractivity contribution in [1.82, 2.24) is 5.32 Å². The van der Waals surface area contributed by atoms with E-state index in [1.165, 1.54) is 18.2 Å². The number of hydrogen-bond acceptors (Lipinski definition) is 2. The van der Waals surface area contributed by atoms with Crippen LogP contribution in [0.4, 0.5) is 4.39 Å². The maximum absolute atomic E-state index is 13.7. The van der Waals surface area contributed by atoms with Crippen LogP contribution >= 0.6 is 11.6 Å². The average molecular weight is 280 g/mol. The summed E-state index contributed by atoms with van der Waals surface area (Å²) in [5, 5.41) is 13.0. The van der Waals surface area contributed by atoms with Crippen LogP contribution in [0.2, 0.25) is 5.02 Å². The highest BCUT2D eigenvalue weighted by atomic mass is 35.5. The third kappa shape index (κ3) is 3.77. The van der Waals surface area contributed by atoms with E-state index in [0.717, 1.165) is 5.56 Å². The Morgan fingerprint density at radius 1 is 1.16 bits per heavy atom. The van der Waals surface area contributed by atoms with Crippen LogP contribution in [0, 0.1) is 5.82 Å². The second kappa shape index (κ2) is 6.66. The van der Waals surface area contributed by atoms with E-state index in [4.69, 9.17) is 11.6 Å². The summed E-state index contributed by atoms with van der Waals surface area (Å²) in [6.45, 7) is 0.363. The molecule has 0 radical (unpaired) electrons. The first-order valence-corrected chi connectivity index (χ1v) is 6.41. The molecular weight excluding hydrogens is 265 g/mol. The molecule has 100 valence electrons. The van der Waals surface area contributed by atoms with Gasteiger partial charge in [0.05, 0.1) is 12.6 Å². The number of hydrogen-bond donors (Lipinski definition) is 2. The van der Waals surface area contributed by atoms with E-state index >= 15 is 0 Å². The van der Waals surface area contributed by atoms with Crippen LogP contribution in [0.15, 0.2) is 48.5 Å². The van der Waals surface area contributed by atoms with Crippen molar-refractivity contribution < 1.29 is 9.50 Å². The largest absolute Gasteiger partial charge is 0.394 e. The molecule has 0 amide bonds. The van der Waals surface area contributed by atoms with Crippen molar-refractivity contribution in [3.05, 3.63) is 70.5 Å². The molecule has 2 rings (SSSR count). The van der Waals surface area contributed by atoms with Gasteiger partial charge in [0.15, 0.2) is 0 Å². The van der Waals surface area contributed by atoms with Crippen molar-refractivity contribution in [3.8, 4) is 0 Å². The van der Waals surface area contributed by atoms with Gasteiger partial charge in [-0.2, -0.15) is 0 Å². The van der Waals surface area contributed by atoms with Crippen LogP contribution in [0.1, 0.15) is 17.2 Å². The van der Waals surface area contributed by atoms with Gasteiger partial charge in [-0.05, 0) is 23.8 Å². The fraction of sp³-hybridized carbons (Fsp3) is 0.200. The van der Waals surface area contributed by atoms with E-state index in [-0.39, 0.29) is 12.4 Å². The van der Waals surface area contributed by atoms with Crippen LogP contribution in [-0.4, -0.2) is 11.7 Å². The molecular formula is C15H15ClFNO. The van der Waals surface area contributed by atoms with E-state index in [0.29, 0.717) is 17.1 Å². The molecule has 19 heavy (non-hydrogen) atoms. The van der Waals surface area contributed by atoms with Gasteiger partial charge < -0.3 is 10.4 Å². The molecule has 4 heteroatoms. The molecule has 0 heterocycles. The van der Waals surface area contributed by atoms with E-state index in [1.807, 2.05) is 30.3 Å². The zero-order chi connectivity index (χ0) is 13.7. The van der Waals surface area contributed by atoms with Gasteiger partial charge >= 0.3 is 0 Å². The molecule has 2 nitrogen and oxygen atoms in total. The highest BCUT2D eigenvalue weighted by Crippen LogP contribution is 2.21. The number of halogens is 2. The Morgan fingerprint density at radius 3 is 2.58 bits per heavy atom. The van der Waals surface area contributed by atoms with E-state index in [9.17, 15) is 9.50 Å². The highest BCUT2D eigenvalue weighted by Gasteiger charge is 2.14. The molecule has 0 saturated carbocycles. The summed E-state index contributed by atoms with van der Waals surface area (Å²) in [7, 11) is 0. The Kier molecular flexibility index (Phi) is 4.91. The van der Waals surface area contributed by atoms with Crippen molar-refractivity contribution in [1.29, 1.82) is 0 Å². The fourth-order valence-corrected chi connectivity index (χ4v) is 2.07. The summed E-state index contributed by atoms with van der Waals surface area (Å²) in [6.07, 6.45) is 0. The topological polar surface area (TPSA) is 32.3 Å². The first-order valence-electron chi connectivity index (χ1n) is 6.04. The van der Waals surface area contributed by atoms with Gasteiger partial charge in [-0.1, -0.05) is 41.9 Å². The monoisotopic (exact) mass is 279 g/mol. The molecule has 0 bridgehead atoms. The molecule has 2 N–H and O–H groups in total. The minimum absolute atomic E-state index is 0.190. The maximum atomic E-state index is 13.7. The van der Waals surface area contributed by atoms with Crippen LogP contribution in [-0.2, 0) is 6.54 Å². The van der Waals surface area contributed by atoms with Crippen LogP contribution < -0.4 is 5.32 Å². The van der Waals surface area contributed by atoms with Crippen molar-refractivity contribution in [2.24, 2.45) is 0 Å². The van der Waals surface area contributed by atoms with Crippen molar-refractivity contribution in [2.75, 3.05) is 6.61 Å². The van der Waals surface area contributed by atoms with Gasteiger partial charge in [-0.15, -0.1) is 0 Å². The van der Waals surface area contributed by atoms with Gasteiger partial charge in [-0.25, -0.2) is 4.39 Å². The van der Waals surface area contributed by atoms with Crippen molar-refractivity contribution in [2.45, 2.75) is 12.6 Å². The molecule has 2 aromatic rings. The Morgan fingerprint density at radius 2 is 1.89 bits per heavy atom. The normalized spacial score (nSPS) is 12.4. The summed E-state index contributed by atoms with van der Waals surface area (Å²) in [4.78, 5) is 0. The fourth-order valence-electron chi connectivity index (χ4n) is 1.89. The lowest BCUT2D eigenvalue weighted by atomic mass is 10.1. The summed E-state index contributed by atoms with van der Waals surface area (Å²) in [5.41, 5.74) is 1.45. The lowest BCUT2D eigenvalue weighted by Gasteiger charge is -2.17. The molecule has 2 aromatic carbocycles. The molecule has 0 aromatic heterocycles. The minimum atomic E-state index is -0.473. The Balaban J connectivity index is 2.10. The Hall–Kier alpha value is -1.42. The summed E-state index contributed by atoms with van der Waals surface area (Å²) in [5.74, 6) is -0.371. The first kappa shape index (κ1) is 14.0. The third-order valence-corrected chi connectivity index (χ3v) is 3.15. The van der Waals surface area contributed by atoms with Gasteiger partial charge in [-0.3, -0.25) is 0 Å². The molecule has 0 aliphatic rings. The number of aliphatic hydroxyl groups excluding tert-OH is 1.